The van der Waals surface area contributed by atoms with Gasteiger partial charge < -0.3 is 5.11 Å². The molecule has 25 heavy (non-hydrogen) atoms. The standard InChI is InChI=1S/C20H23ClN2O2/c1-2-14-6-7-18(22-13-14)19(16-4-3-5-17(21)12-16)23-10-8-15(9-11-23)20(24)25/h3-7,12-13,15,19H,2,8-11H2,1H3,(H,24,25). The number of aliphatic carboxylic acids is 1. The van der Waals surface area contributed by atoms with Crippen LogP contribution in [-0.2, 0) is 11.2 Å². The molecule has 1 aromatic heterocycles. The minimum Gasteiger partial charge on any atom is -0.481 e. The molecule has 1 saturated heterocycles. The van der Waals surface area contributed by atoms with E-state index in [2.05, 4.69) is 35.0 Å². The van der Waals surface area contributed by atoms with Crippen LogP contribution in [0.15, 0.2) is 42.6 Å². The zero-order valence-electron chi connectivity index (χ0n) is 14.4. The van der Waals surface area contributed by atoms with Crippen LogP contribution in [0.3, 0.4) is 0 Å². The van der Waals surface area contributed by atoms with Crippen molar-refractivity contribution in [2.24, 2.45) is 5.92 Å². The predicted molar refractivity (Wildman–Crippen MR) is 98.8 cm³/mol. The van der Waals surface area contributed by atoms with Gasteiger partial charge in [-0.1, -0.05) is 36.7 Å². The van der Waals surface area contributed by atoms with Gasteiger partial charge in [-0.15, -0.1) is 0 Å². The van der Waals surface area contributed by atoms with E-state index in [0.29, 0.717) is 17.9 Å². The van der Waals surface area contributed by atoms with Crippen molar-refractivity contribution in [3.8, 4) is 0 Å². The number of benzene rings is 1. The Bertz CT molecular complexity index is 725. The highest BCUT2D eigenvalue weighted by Gasteiger charge is 2.30. The van der Waals surface area contributed by atoms with Crippen molar-refractivity contribution in [1.82, 2.24) is 9.88 Å². The van der Waals surface area contributed by atoms with E-state index < -0.39 is 5.97 Å². The molecule has 1 aromatic carbocycles. The maximum absolute atomic E-state index is 11.2. The van der Waals surface area contributed by atoms with Crippen LogP contribution in [0.1, 0.15) is 42.6 Å². The Hall–Kier alpha value is -1.91. The fraction of sp³-hybridized carbons (Fsp3) is 0.400. The Kier molecular flexibility index (Phi) is 5.71. The lowest BCUT2D eigenvalue weighted by Crippen LogP contribution is -2.39. The number of carbonyl (C=O) groups is 1. The summed E-state index contributed by atoms with van der Waals surface area (Å²) in [4.78, 5) is 18.2. The summed E-state index contributed by atoms with van der Waals surface area (Å²) in [6.07, 6.45) is 4.22. The number of hydrogen-bond donors (Lipinski definition) is 1. The third kappa shape index (κ3) is 4.20. The van der Waals surface area contributed by atoms with Gasteiger partial charge >= 0.3 is 5.97 Å². The number of aromatic nitrogens is 1. The van der Waals surface area contributed by atoms with Gasteiger partial charge in [-0.05, 0) is 61.7 Å². The minimum absolute atomic E-state index is 0.000601. The van der Waals surface area contributed by atoms with Crippen molar-refractivity contribution in [2.75, 3.05) is 13.1 Å². The smallest absolute Gasteiger partial charge is 0.306 e. The number of pyridine rings is 1. The van der Waals surface area contributed by atoms with Gasteiger partial charge in [0.1, 0.15) is 0 Å². The number of hydrogen-bond acceptors (Lipinski definition) is 3. The van der Waals surface area contributed by atoms with E-state index in [4.69, 9.17) is 11.6 Å². The monoisotopic (exact) mass is 358 g/mol. The Balaban J connectivity index is 1.90. The molecule has 0 radical (unpaired) electrons. The molecule has 2 heterocycles. The zero-order valence-corrected chi connectivity index (χ0v) is 15.1. The molecular formula is C20H23ClN2O2. The lowest BCUT2D eigenvalue weighted by atomic mass is 9.93. The van der Waals surface area contributed by atoms with Gasteiger partial charge in [0.15, 0.2) is 0 Å². The predicted octanol–water partition coefficient (Wildman–Crippen LogP) is 4.18. The number of aryl methyl sites for hydroxylation is 1. The maximum Gasteiger partial charge on any atom is 0.306 e. The highest BCUT2D eigenvalue weighted by molar-refractivity contribution is 6.30. The number of nitrogens with zero attached hydrogens (tertiary/aromatic N) is 2. The summed E-state index contributed by atoms with van der Waals surface area (Å²) in [5.41, 5.74) is 3.28. The first-order valence-electron chi connectivity index (χ1n) is 8.75. The highest BCUT2D eigenvalue weighted by atomic mass is 35.5. The van der Waals surface area contributed by atoms with Crippen molar-refractivity contribution >= 4 is 17.6 Å². The minimum atomic E-state index is -0.690. The summed E-state index contributed by atoms with van der Waals surface area (Å²) in [5, 5.41) is 9.94. The Morgan fingerprint density at radius 3 is 2.64 bits per heavy atom. The molecule has 1 fully saturated rings. The average molecular weight is 359 g/mol. The third-order valence-corrected chi connectivity index (χ3v) is 5.18. The van der Waals surface area contributed by atoms with Crippen molar-refractivity contribution < 1.29 is 9.90 Å². The molecule has 1 N–H and O–H groups in total. The number of rotatable bonds is 5. The van der Waals surface area contributed by atoms with E-state index in [1.54, 1.807) is 0 Å². The Morgan fingerprint density at radius 1 is 1.32 bits per heavy atom. The van der Waals surface area contributed by atoms with Crippen LogP contribution in [-0.4, -0.2) is 34.0 Å². The molecule has 0 amide bonds. The normalized spacial score (nSPS) is 17.4. The molecule has 132 valence electrons. The SMILES string of the molecule is CCc1ccc(C(c2cccc(Cl)c2)N2CCC(C(=O)O)CC2)nc1. The number of carboxylic acids is 1. The number of likely N-dealkylation sites (tertiary alicyclic amines) is 1. The summed E-state index contributed by atoms with van der Waals surface area (Å²) in [6, 6.07) is 12.1. The van der Waals surface area contributed by atoms with Gasteiger partial charge in [0.2, 0.25) is 0 Å². The fourth-order valence-electron chi connectivity index (χ4n) is 3.46. The fourth-order valence-corrected chi connectivity index (χ4v) is 3.66. The maximum atomic E-state index is 11.2. The van der Waals surface area contributed by atoms with Crippen molar-refractivity contribution in [3.05, 3.63) is 64.4 Å². The van der Waals surface area contributed by atoms with E-state index >= 15 is 0 Å². The van der Waals surface area contributed by atoms with Gasteiger partial charge in [0.25, 0.3) is 0 Å². The summed E-state index contributed by atoms with van der Waals surface area (Å²) >= 11 is 6.21. The summed E-state index contributed by atoms with van der Waals surface area (Å²) in [5.74, 6) is -0.934. The lowest BCUT2D eigenvalue weighted by Gasteiger charge is -2.36. The molecule has 3 rings (SSSR count). The van der Waals surface area contributed by atoms with E-state index in [-0.39, 0.29) is 12.0 Å². The first kappa shape index (κ1) is 17.9. The van der Waals surface area contributed by atoms with Crippen LogP contribution < -0.4 is 0 Å². The Morgan fingerprint density at radius 2 is 2.08 bits per heavy atom. The molecule has 1 atom stereocenters. The van der Waals surface area contributed by atoms with Crippen LogP contribution in [0.25, 0.3) is 0 Å². The van der Waals surface area contributed by atoms with E-state index in [1.807, 2.05) is 24.4 Å². The van der Waals surface area contributed by atoms with Crippen molar-refractivity contribution in [3.63, 3.8) is 0 Å². The second-order valence-electron chi connectivity index (χ2n) is 6.55. The van der Waals surface area contributed by atoms with Crippen LogP contribution in [0.5, 0.6) is 0 Å². The average Bonchev–Trinajstić information content (AvgIpc) is 2.63. The molecule has 4 nitrogen and oxygen atoms in total. The molecule has 0 saturated carbocycles. The van der Waals surface area contributed by atoms with Gasteiger partial charge in [-0.25, -0.2) is 0 Å². The third-order valence-electron chi connectivity index (χ3n) is 4.94. The molecule has 2 aromatic rings. The summed E-state index contributed by atoms with van der Waals surface area (Å²) < 4.78 is 0. The van der Waals surface area contributed by atoms with Crippen LogP contribution >= 0.6 is 11.6 Å². The number of piperidine rings is 1. The lowest BCUT2D eigenvalue weighted by molar-refractivity contribution is -0.143. The first-order valence-corrected chi connectivity index (χ1v) is 9.13. The number of carboxylic acid groups (broad SMARTS) is 1. The highest BCUT2D eigenvalue weighted by Crippen LogP contribution is 2.32. The Labute approximate surface area is 153 Å². The quantitative estimate of drug-likeness (QED) is 0.871. The van der Waals surface area contributed by atoms with Gasteiger partial charge in [-0.2, -0.15) is 0 Å². The molecule has 0 bridgehead atoms. The van der Waals surface area contributed by atoms with Crippen LogP contribution in [0.2, 0.25) is 5.02 Å². The zero-order chi connectivity index (χ0) is 17.8. The largest absolute Gasteiger partial charge is 0.481 e. The second-order valence-corrected chi connectivity index (χ2v) is 6.99. The van der Waals surface area contributed by atoms with Crippen molar-refractivity contribution in [2.45, 2.75) is 32.2 Å². The topological polar surface area (TPSA) is 53.4 Å². The molecule has 0 aliphatic carbocycles. The van der Waals surface area contributed by atoms with Gasteiger partial charge in [0, 0.05) is 11.2 Å². The summed E-state index contributed by atoms with van der Waals surface area (Å²) in [6.45, 7) is 3.60. The number of halogens is 1. The molecular weight excluding hydrogens is 336 g/mol. The second kappa shape index (κ2) is 7.98. The van der Waals surface area contributed by atoms with Crippen LogP contribution in [0.4, 0.5) is 0 Å². The van der Waals surface area contributed by atoms with E-state index in [9.17, 15) is 9.90 Å². The summed E-state index contributed by atoms with van der Waals surface area (Å²) in [7, 11) is 0. The van der Waals surface area contributed by atoms with Gasteiger partial charge in [0.05, 0.1) is 17.7 Å². The van der Waals surface area contributed by atoms with E-state index in [0.717, 1.165) is 30.8 Å². The molecule has 1 aliphatic rings. The first-order chi connectivity index (χ1) is 12.1. The molecule has 0 spiro atoms. The molecule has 1 aliphatic heterocycles. The van der Waals surface area contributed by atoms with Crippen LogP contribution in [0, 0.1) is 5.92 Å². The molecule has 5 heteroatoms. The molecule has 1 unspecified atom stereocenters. The van der Waals surface area contributed by atoms with E-state index in [1.165, 1.54) is 5.56 Å². The van der Waals surface area contributed by atoms with Gasteiger partial charge in [-0.3, -0.25) is 14.7 Å². The van der Waals surface area contributed by atoms with Crippen molar-refractivity contribution in [1.29, 1.82) is 0 Å².